The number of Topliss-reactive ketones (excluding diaryl/α,β-unsaturated/α-hetero) is 1. The predicted molar refractivity (Wildman–Crippen MR) is 148 cm³/mol. The number of carbonyl (C=O) groups is 4. The number of rotatable bonds is 12. The Morgan fingerprint density at radius 3 is 2.51 bits per heavy atom. The van der Waals surface area contributed by atoms with Gasteiger partial charge in [-0.25, -0.2) is 9.18 Å². The fraction of sp³-hybridized carbons (Fsp3) is 0.724. The van der Waals surface area contributed by atoms with Crippen LogP contribution in [0.4, 0.5) is 9.18 Å². The normalized spacial score (nSPS) is 37.3. The van der Waals surface area contributed by atoms with E-state index in [2.05, 4.69) is 4.84 Å². The number of ketones is 2. The van der Waals surface area contributed by atoms with E-state index in [1.807, 2.05) is 0 Å². The van der Waals surface area contributed by atoms with Crippen molar-refractivity contribution in [3.05, 3.63) is 33.9 Å². The van der Waals surface area contributed by atoms with Gasteiger partial charge >= 0.3 is 12.1 Å². The van der Waals surface area contributed by atoms with Crippen molar-refractivity contribution in [3.8, 4) is 0 Å². The third-order valence-electron chi connectivity index (χ3n) is 10.2. The van der Waals surface area contributed by atoms with Gasteiger partial charge in [-0.2, -0.15) is 0 Å². The van der Waals surface area contributed by atoms with Gasteiger partial charge in [-0.05, 0) is 51.0 Å². The summed E-state index contributed by atoms with van der Waals surface area (Å²) in [5.41, 5.74) is -1.30. The highest BCUT2D eigenvalue weighted by atomic mass is 19.1. The number of aliphatic hydroxyl groups is 3. The number of halogens is 1. The molecule has 16 heteroatoms. The molecule has 5 N–H and O–H groups in total. The average Bonchev–Trinajstić information content (AvgIpc) is 3.18. The number of ether oxygens (including phenoxy) is 3. The Labute approximate surface area is 257 Å². The van der Waals surface area contributed by atoms with Crippen molar-refractivity contribution in [2.45, 2.75) is 81.9 Å². The minimum atomic E-state index is -2.50. The molecule has 0 aromatic carbocycles. The standard InChI is InChI=1S/C29H39FN2O13/c1-26-8-7-17(33)11-16(26)5-6-18-19-12-21(34)29(39,27(19,2)13-22(35)28(18,26)30)23(36)15-43-24(37)20(31)14-44-25(38)42-9-3-4-10-45-32(40)41/h5,7-8,18-22,34-35,39H,3-4,6,9-15,31H2,1-2H3/t18-,19-,20?,21+,22-,26-,27-,28-,29-/m0/s1. The summed E-state index contributed by atoms with van der Waals surface area (Å²) >= 11 is 0. The zero-order valence-corrected chi connectivity index (χ0v) is 25.0. The number of hydrogen-bond acceptors (Lipinski definition) is 14. The van der Waals surface area contributed by atoms with E-state index in [4.69, 9.17) is 19.9 Å². The van der Waals surface area contributed by atoms with Gasteiger partial charge < -0.3 is 40.1 Å². The molecule has 250 valence electrons. The Kier molecular flexibility index (Phi) is 9.73. The summed E-state index contributed by atoms with van der Waals surface area (Å²) in [5.74, 6) is -4.07. The van der Waals surface area contributed by atoms with Gasteiger partial charge in [-0.15, -0.1) is 10.1 Å². The number of nitrogens with zero attached hydrogens (tertiary/aromatic N) is 1. The molecule has 0 aromatic heterocycles. The van der Waals surface area contributed by atoms with Crippen LogP contribution in [0.2, 0.25) is 0 Å². The zero-order valence-electron chi connectivity index (χ0n) is 25.0. The highest BCUT2D eigenvalue weighted by Crippen LogP contribution is 2.69. The van der Waals surface area contributed by atoms with E-state index in [0.717, 1.165) is 0 Å². The number of fused-ring (bicyclic) bond motifs is 5. The van der Waals surface area contributed by atoms with Crippen molar-refractivity contribution in [2.24, 2.45) is 28.4 Å². The van der Waals surface area contributed by atoms with Gasteiger partial charge in [0.15, 0.2) is 23.7 Å². The largest absolute Gasteiger partial charge is 0.508 e. The van der Waals surface area contributed by atoms with E-state index in [9.17, 15) is 44.6 Å². The summed E-state index contributed by atoms with van der Waals surface area (Å²) < 4.78 is 31.7. The minimum Gasteiger partial charge on any atom is -0.456 e. The average molecular weight is 643 g/mol. The molecule has 15 nitrogen and oxygen atoms in total. The summed E-state index contributed by atoms with van der Waals surface area (Å²) in [6.07, 6.45) is 0.130. The van der Waals surface area contributed by atoms with Gasteiger partial charge in [-0.1, -0.05) is 24.6 Å². The monoisotopic (exact) mass is 642 g/mol. The summed E-state index contributed by atoms with van der Waals surface area (Å²) in [7, 11) is 0. The molecular weight excluding hydrogens is 603 g/mol. The quantitative estimate of drug-likeness (QED) is 0.0752. The first-order valence-corrected chi connectivity index (χ1v) is 14.7. The van der Waals surface area contributed by atoms with Crippen LogP contribution in [-0.2, 0) is 33.4 Å². The Bertz CT molecular complexity index is 1290. The maximum atomic E-state index is 17.2. The highest BCUT2D eigenvalue weighted by Gasteiger charge is 2.76. The van der Waals surface area contributed by atoms with Crippen molar-refractivity contribution >= 4 is 23.7 Å². The molecule has 0 aromatic rings. The van der Waals surface area contributed by atoms with Gasteiger partial charge in [0.25, 0.3) is 5.09 Å². The minimum absolute atomic E-state index is 0.0223. The van der Waals surface area contributed by atoms with E-state index in [0.29, 0.717) is 5.57 Å². The van der Waals surface area contributed by atoms with E-state index < -0.39 is 88.4 Å². The first kappa shape index (κ1) is 34.4. The van der Waals surface area contributed by atoms with Crippen LogP contribution in [0.25, 0.3) is 0 Å². The number of hydrogen-bond donors (Lipinski definition) is 4. The summed E-state index contributed by atoms with van der Waals surface area (Å²) in [5, 5.41) is 43.3. The molecule has 0 heterocycles. The lowest BCUT2D eigenvalue weighted by molar-refractivity contribution is -0.757. The Balaban J connectivity index is 1.35. The Hall–Kier alpha value is -3.47. The molecule has 4 aliphatic carbocycles. The molecule has 9 atom stereocenters. The van der Waals surface area contributed by atoms with Crippen LogP contribution in [-0.4, -0.2) is 100 Å². The summed E-state index contributed by atoms with van der Waals surface area (Å²) in [6, 6.07) is -1.53. The molecule has 0 spiro atoms. The highest BCUT2D eigenvalue weighted by molar-refractivity contribution is 5.94. The first-order chi connectivity index (χ1) is 21.0. The second kappa shape index (κ2) is 12.7. The molecule has 0 aliphatic heterocycles. The molecule has 45 heavy (non-hydrogen) atoms. The molecule has 0 bridgehead atoms. The number of alkyl halides is 1. The third kappa shape index (κ3) is 5.84. The van der Waals surface area contributed by atoms with Crippen LogP contribution in [0, 0.1) is 32.8 Å². The molecule has 1 unspecified atom stereocenters. The summed E-state index contributed by atoms with van der Waals surface area (Å²) in [6.45, 7) is 1.12. The maximum Gasteiger partial charge on any atom is 0.508 e. The third-order valence-corrected chi connectivity index (χ3v) is 10.2. The SMILES string of the molecule is C[C@]12C=CC(=O)CC1=CC[C@H]1[C@@H]3C[C@@H](O)[C@](O)(C(=O)COC(=O)C(N)COC(=O)OCCCCO[N+](=O)[O-])[C@@]3(C)C[C@H](O)[C@@]12F. The predicted octanol–water partition coefficient (Wildman–Crippen LogP) is 0.640. The number of carbonyl (C=O) groups excluding carboxylic acids is 4. The Morgan fingerprint density at radius 2 is 1.82 bits per heavy atom. The molecule has 4 rings (SSSR count). The lowest BCUT2D eigenvalue weighted by Crippen LogP contribution is -2.69. The lowest BCUT2D eigenvalue weighted by Gasteiger charge is -2.61. The topological polar surface area (TPSA) is 235 Å². The maximum absolute atomic E-state index is 17.2. The number of nitrogens with two attached hydrogens (primary N) is 1. The fourth-order valence-corrected chi connectivity index (χ4v) is 7.76. The fourth-order valence-electron chi connectivity index (χ4n) is 7.76. The Morgan fingerprint density at radius 1 is 1.13 bits per heavy atom. The lowest BCUT2D eigenvalue weighted by atomic mass is 9.45. The van der Waals surface area contributed by atoms with Crippen LogP contribution in [0.1, 0.15) is 52.4 Å². The van der Waals surface area contributed by atoms with E-state index in [-0.39, 0.29) is 57.5 Å². The smallest absolute Gasteiger partial charge is 0.456 e. The van der Waals surface area contributed by atoms with Crippen molar-refractivity contribution in [1.82, 2.24) is 0 Å². The second-order valence-electron chi connectivity index (χ2n) is 12.6. The van der Waals surface area contributed by atoms with Crippen LogP contribution < -0.4 is 5.73 Å². The van der Waals surface area contributed by atoms with Crippen LogP contribution >= 0.6 is 0 Å². The zero-order chi connectivity index (χ0) is 33.4. The van der Waals surface area contributed by atoms with E-state index >= 15 is 4.39 Å². The number of unbranched alkanes of at least 4 members (excludes halogenated alkanes) is 1. The molecule has 2 saturated carbocycles. The second-order valence-corrected chi connectivity index (χ2v) is 12.6. The van der Waals surface area contributed by atoms with Gasteiger partial charge in [0.05, 0.1) is 25.4 Å². The van der Waals surface area contributed by atoms with Gasteiger partial charge in [0, 0.05) is 23.2 Å². The van der Waals surface area contributed by atoms with Crippen LogP contribution in [0.15, 0.2) is 23.8 Å². The van der Waals surface area contributed by atoms with Crippen molar-refractivity contribution in [3.63, 3.8) is 0 Å². The van der Waals surface area contributed by atoms with Crippen molar-refractivity contribution < 1.29 is 63.0 Å². The number of aliphatic hydroxyl groups excluding tert-OH is 2. The van der Waals surface area contributed by atoms with E-state index in [1.54, 1.807) is 13.0 Å². The van der Waals surface area contributed by atoms with Gasteiger partial charge in [0.2, 0.25) is 5.78 Å². The van der Waals surface area contributed by atoms with Crippen LogP contribution in [0.5, 0.6) is 0 Å². The number of esters is 1. The van der Waals surface area contributed by atoms with Crippen molar-refractivity contribution in [1.29, 1.82) is 0 Å². The van der Waals surface area contributed by atoms with Crippen LogP contribution in [0.3, 0.4) is 0 Å². The van der Waals surface area contributed by atoms with E-state index in [1.165, 1.54) is 19.1 Å². The molecule has 2 fully saturated rings. The van der Waals surface area contributed by atoms with Crippen molar-refractivity contribution in [2.75, 3.05) is 26.4 Å². The van der Waals surface area contributed by atoms with Gasteiger partial charge in [-0.3, -0.25) is 14.4 Å². The summed E-state index contributed by atoms with van der Waals surface area (Å²) in [4.78, 5) is 63.7. The molecule has 0 radical (unpaired) electrons. The molecular formula is C29H39FN2O13. The van der Waals surface area contributed by atoms with Gasteiger partial charge in [0.1, 0.15) is 12.6 Å². The molecule has 0 amide bonds. The molecule has 4 aliphatic rings. The molecule has 0 saturated heterocycles. The number of allylic oxidation sites excluding steroid dienone is 4. The first-order valence-electron chi connectivity index (χ1n) is 14.7.